The van der Waals surface area contributed by atoms with Crippen molar-refractivity contribution in [3.63, 3.8) is 0 Å². The van der Waals surface area contributed by atoms with Crippen molar-refractivity contribution in [3.8, 4) is 0 Å². The van der Waals surface area contributed by atoms with Crippen molar-refractivity contribution in [2.45, 2.75) is 30.7 Å². The molecule has 0 fully saturated rings. The second-order valence-electron chi connectivity index (χ2n) is 4.05. The summed E-state index contributed by atoms with van der Waals surface area (Å²) in [6.45, 7) is 2.97. The largest absolute Gasteiger partial charge is 0.395 e. The van der Waals surface area contributed by atoms with E-state index < -0.39 is 11.6 Å². The molecule has 0 aliphatic heterocycles. The summed E-state index contributed by atoms with van der Waals surface area (Å²) in [6.07, 6.45) is 1.72. The van der Waals surface area contributed by atoms with Gasteiger partial charge in [0, 0.05) is 10.9 Å². The molecule has 1 rings (SSSR count). The van der Waals surface area contributed by atoms with Gasteiger partial charge in [-0.25, -0.2) is 8.78 Å². The standard InChI is InChI=1S/C13H19F2NOS/c1-2-6-16-11(9-17)5-7-18-13-8-10(14)3-4-12(13)15/h3-4,8,11,16-17H,2,5-7,9H2,1H3. The molecule has 2 nitrogen and oxygen atoms in total. The van der Waals surface area contributed by atoms with Crippen LogP contribution in [0, 0.1) is 11.6 Å². The minimum atomic E-state index is -0.429. The summed E-state index contributed by atoms with van der Waals surface area (Å²) in [5.41, 5.74) is 0. The lowest BCUT2D eigenvalue weighted by atomic mass is 10.2. The molecule has 1 atom stereocenters. The Labute approximate surface area is 111 Å². The Bertz CT molecular complexity index is 363. The number of aliphatic hydroxyl groups excluding tert-OH is 1. The fraction of sp³-hybridized carbons (Fsp3) is 0.538. The van der Waals surface area contributed by atoms with Crippen LogP contribution in [0.1, 0.15) is 19.8 Å². The molecule has 18 heavy (non-hydrogen) atoms. The van der Waals surface area contributed by atoms with E-state index in [1.165, 1.54) is 17.8 Å². The molecular weight excluding hydrogens is 256 g/mol. The van der Waals surface area contributed by atoms with E-state index in [4.69, 9.17) is 5.11 Å². The van der Waals surface area contributed by atoms with Gasteiger partial charge >= 0.3 is 0 Å². The predicted molar refractivity (Wildman–Crippen MR) is 70.9 cm³/mol. The van der Waals surface area contributed by atoms with Crippen molar-refractivity contribution in [2.75, 3.05) is 18.9 Å². The fourth-order valence-corrected chi connectivity index (χ4v) is 2.53. The molecule has 5 heteroatoms. The van der Waals surface area contributed by atoms with E-state index in [0.717, 1.165) is 31.5 Å². The van der Waals surface area contributed by atoms with Gasteiger partial charge in [-0.2, -0.15) is 0 Å². The quantitative estimate of drug-likeness (QED) is 0.716. The van der Waals surface area contributed by atoms with E-state index in [2.05, 4.69) is 12.2 Å². The number of benzene rings is 1. The second kappa shape index (κ2) is 8.45. The van der Waals surface area contributed by atoms with Gasteiger partial charge in [0.25, 0.3) is 0 Å². The van der Waals surface area contributed by atoms with Crippen LogP contribution in [-0.2, 0) is 0 Å². The van der Waals surface area contributed by atoms with Gasteiger partial charge in [0.15, 0.2) is 0 Å². The molecule has 0 amide bonds. The molecule has 1 aromatic rings. The third-order valence-electron chi connectivity index (χ3n) is 2.52. The Balaban J connectivity index is 2.37. The van der Waals surface area contributed by atoms with Crippen molar-refractivity contribution in [3.05, 3.63) is 29.8 Å². The Kier molecular flexibility index (Phi) is 7.23. The van der Waals surface area contributed by atoms with Crippen molar-refractivity contribution in [2.24, 2.45) is 0 Å². The van der Waals surface area contributed by atoms with Crippen LogP contribution in [0.25, 0.3) is 0 Å². The Morgan fingerprint density at radius 3 is 2.83 bits per heavy atom. The molecule has 102 valence electrons. The molecule has 0 heterocycles. The molecule has 1 unspecified atom stereocenters. The molecular formula is C13H19F2NOS. The summed E-state index contributed by atoms with van der Waals surface area (Å²) >= 11 is 1.27. The zero-order chi connectivity index (χ0) is 13.4. The number of hydrogen-bond acceptors (Lipinski definition) is 3. The van der Waals surface area contributed by atoms with Crippen LogP contribution in [0.15, 0.2) is 23.1 Å². The van der Waals surface area contributed by atoms with Crippen molar-refractivity contribution in [1.82, 2.24) is 5.32 Å². The van der Waals surface area contributed by atoms with Gasteiger partial charge in [-0.15, -0.1) is 11.8 Å². The van der Waals surface area contributed by atoms with E-state index in [1.807, 2.05) is 0 Å². The van der Waals surface area contributed by atoms with E-state index in [1.54, 1.807) is 0 Å². The molecule has 0 aliphatic rings. The minimum Gasteiger partial charge on any atom is -0.395 e. The Hall–Kier alpha value is -0.650. The Morgan fingerprint density at radius 2 is 2.17 bits per heavy atom. The summed E-state index contributed by atoms with van der Waals surface area (Å²) in [7, 11) is 0. The normalized spacial score (nSPS) is 12.7. The first kappa shape index (κ1) is 15.4. The first-order valence-corrected chi connectivity index (χ1v) is 7.08. The molecule has 0 bridgehead atoms. The summed E-state index contributed by atoms with van der Waals surface area (Å²) in [5.74, 6) is -0.187. The summed E-state index contributed by atoms with van der Waals surface area (Å²) in [5, 5.41) is 12.3. The van der Waals surface area contributed by atoms with E-state index in [9.17, 15) is 8.78 Å². The van der Waals surface area contributed by atoms with Gasteiger partial charge in [-0.1, -0.05) is 6.92 Å². The Morgan fingerprint density at radius 1 is 1.39 bits per heavy atom. The van der Waals surface area contributed by atoms with Crippen LogP contribution in [-0.4, -0.2) is 30.1 Å². The maximum Gasteiger partial charge on any atom is 0.136 e. The minimum absolute atomic E-state index is 0.0223. The molecule has 0 aliphatic carbocycles. The lowest BCUT2D eigenvalue weighted by Crippen LogP contribution is -2.33. The zero-order valence-corrected chi connectivity index (χ0v) is 11.3. The molecule has 0 radical (unpaired) electrons. The number of halogens is 2. The number of aliphatic hydroxyl groups is 1. The van der Waals surface area contributed by atoms with Crippen molar-refractivity contribution in [1.29, 1.82) is 0 Å². The van der Waals surface area contributed by atoms with E-state index in [-0.39, 0.29) is 12.6 Å². The summed E-state index contributed by atoms with van der Waals surface area (Å²) in [4.78, 5) is 0.321. The first-order valence-electron chi connectivity index (χ1n) is 6.09. The van der Waals surface area contributed by atoms with Gasteiger partial charge in [0.05, 0.1) is 6.61 Å². The summed E-state index contributed by atoms with van der Waals surface area (Å²) < 4.78 is 26.3. The smallest absolute Gasteiger partial charge is 0.136 e. The highest BCUT2D eigenvalue weighted by atomic mass is 32.2. The number of thioether (sulfide) groups is 1. The monoisotopic (exact) mass is 275 g/mol. The van der Waals surface area contributed by atoms with Gasteiger partial charge in [0.1, 0.15) is 11.6 Å². The average molecular weight is 275 g/mol. The molecule has 0 saturated heterocycles. The van der Waals surface area contributed by atoms with Gasteiger partial charge in [0.2, 0.25) is 0 Å². The molecule has 2 N–H and O–H groups in total. The lowest BCUT2D eigenvalue weighted by molar-refractivity contribution is 0.240. The predicted octanol–water partition coefficient (Wildman–Crippen LogP) is 2.81. The SMILES string of the molecule is CCCNC(CO)CCSc1cc(F)ccc1F. The lowest BCUT2D eigenvalue weighted by Gasteiger charge is -2.15. The summed E-state index contributed by atoms with van der Waals surface area (Å²) in [6, 6.07) is 3.47. The topological polar surface area (TPSA) is 32.3 Å². The fourth-order valence-electron chi connectivity index (χ4n) is 1.51. The molecule has 1 aromatic carbocycles. The van der Waals surface area contributed by atoms with Gasteiger partial charge in [-0.3, -0.25) is 0 Å². The highest BCUT2D eigenvalue weighted by Crippen LogP contribution is 2.23. The maximum atomic E-state index is 13.3. The molecule has 0 spiro atoms. The third kappa shape index (κ3) is 5.33. The number of nitrogens with one attached hydrogen (secondary N) is 1. The molecule has 0 aromatic heterocycles. The van der Waals surface area contributed by atoms with E-state index >= 15 is 0 Å². The van der Waals surface area contributed by atoms with Gasteiger partial charge < -0.3 is 10.4 Å². The van der Waals surface area contributed by atoms with Gasteiger partial charge in [-0.05, 0) is 43.3 Å². The average Bonchev–Trinajstić information content (AvgIpc) is 2.37. The van der Waals surface area contributed by atoms with Crippen molar-refractivity contribution >= 4 is 11.8 Å². The number of rotatable bonds is 8. The maximum absolute atomic E-state index is 13.3. The first-order chi connectivity index (χ1) is 8.67. The van der Waals surface area contributed by atoms with E-state index in [0.29, 0.717) is 10.6 Å². The highest BCUT2D eigenvalue weighted by molar-refractivity contribution is 7.99. The molecule has 0 saturated carbocycles. The van der Waals surface area contributed by atoms with Crippen LogP contribution in [0.4, 0.5) is 8.78 Å². The van der Waals surface area contributed by atoms with Crippen molar-refractivity contribution < 1.29 is 13.9 Å². The second-order valence-corrected chi connectivity index (χ2v) is 5.18. The van der Waals surface area contributed by atoms with Crippen LogP contribution in [0.3, 0.4) is 0 Å². The zero-order valence-electron chi connectivity index (χ0n) is 10.5. The highest BCUT2D eigenvalue weighted by Gasteiger charge is 2.08. The van der Waals surface area contributed by atoms with Crippen LogP contribution < -0.4 is 5.32 Å². The van der Waals surface area contributed by atoms with Crippen LogP contribution in [0.5, 0.6) is 0 Å². The van der Waals surface area contributed by atoms with Crippen LogP contribution in [0.2, 0.25) is 0 Å². The van der Waals surface area contributed by atoms with Crippen LogP contribution >= 0.6 is 11.8 Å². The third-order valence-corrected chi connectivity index (χ3v) is 3.58. The number of hydrogen-bond donors (Lipinski definition) is 2.